The molecule has 0 fully saturated rings. The van der Waals surface area contributed by atoms with Crippen molar-refractivity contribution < 1.29 is 13.9 Å². The summed E-state index contributed by atoms with van der Waals surface area (Å²) >= 11 is 0. The number of benzene rings is 1. The van der Waals surface area contributed by atoms with E-state index < -0.39 is 11.5 Å². The van der Waals surface area contributed by atoms with Gasteiger partial charge in [0.2, 0.25) is 0 Å². The molecule has 1 N–H and O–H groups in total. The fourth-order valence-electron chi connectivity index (χ4n) is 1.84. The van der Waals surface area contributed by atoms with Gasteiger partial charge in [0.15, 0.2) is 11.3 Å². The molecule has 2 aromatic rings. The molecule has 0 saturated heterocycles. The predicted molar refractivity (Wildman–Crippen MR) is 76.3 cm³/mol. The van der Waals surface area contributed by atoms with Crippen molar-refractivity contribution in [3.05, 3.63) is 40.2 Å². The minimum atomic E-state index is -0.664. The zero-order chi connectivity index (χ0) is 14.7. The summed E-state index contributed by atoms with van der Waals surface area (Å²) in [5, 5.41) is 3.40. The van der Waals surface area contributed by atoms with Gasteiger partial charge in [-0.2, -0.15) is 0 Å². The van der Waals surface area contributed by atoms with E-state index in [4.69, 9.17) is 9.15 Å². The van der Waals surface area contributed by atoms with Crippen LogP contribution in [0.25, 0.3) is 11.0 Å². The first kappa shape index (κ1) is 14.1. The van der Waals surface area contributed by atoms with E-state index in [1.54, 1.807) is 18.2 Å². The number of nitrogens with one attached hydrogen (secondary N) is 1. The van der Waals surface area contributed by atoms with Crippen LogP contribution in [0.4, 0.5) is 0 Å². The van der Waals surface area contributed by atoms with Crippen LogP contribution in [0.1, 0.15) is 30.6 Å². The Labute approximate surface area is 116 Å². The second-order valence-electron chi connectivity index (χ2n) is 4.61. The average molecular weight is 275 g/mol. The Hall–Kier alpha value is -2.30. The number of amides is 1. The van der Waals surface area contributed by atoms with Gasteiger partial charge in [-0.15, -0.1) is 0 Å². The summed E-state index contributed by atoms with van der Waals surface area (Å²) in [6.07, 6.45) is 0.790. The Balaban J connectivity index is 2.49. The third-order valence-electron chi connectivity index (χ3n) is 3.18. The van der Waals surface area contributed by atoms with Crippen molar-refractivity contribution in [1.29, 1.82) is 0 Å². The zero-order valence-electron chi connectivity index (χ0n) is 11.7. The standard InChI is InChI=1S/C15H17NO4/c1-4-9(2)16-14(17)11-8-10-6-5-7-12(19-3)13(10)20-15(11)18/h5-9H,4H2,1-3H3,(H,16,17)/t9-/m0/s1. The average Bonchev–Trinajstić information content (AvgIpc) is 2.45. The highest BCUT2D eigenvalue weighted by atomic mass is 16.5. The fourth-order valence-corrected chi connectivity index (χ4v) is 1.84. The Kier molecular flexibility index (Phi) is 4.08. The molecular weight excluding hydrogens is 258 g/mol. The lowest BCUT2D eigenvalue weighted by Gasteiger charge is -2.11. The molecule has 1 heterocycles. The van der Waals surface area contributed by atoms with Crippen molar-refractivity contribution in [1.82, 2.24) is 5.32 Å². The SMILES string of the molecule is CC[C@H](C)NC(=O)c1cc2cccc(OC)c2oc1=O. The predicted octanol–water partition coefficient (Wildman–Crippen LogP) is 2.33. The lowest BCUT2D eigenvalue weighted by atomic mass is 10.1. The van der Waals surface area contributed by atoms with E-state index in [2.05, 4.69) is 5.32 Å². The van der Waals surface area contributed by atoms with E-state index >= 15 is 0 Å². The highest BCUT2D eigenvalue weighted by Gasteiger charge is 2.16. The lowest BCUT2D eigenvalue weighted by Crippen LogP contribution is -2.34. The summed E-state index contributed by atoms with van der Waals surface area (Å²) < 4.78 is 10.3. The van der Waals surface area contributed by atoms with Crippen LogP contribution in [0.5, 0.6) is 5.75 Å². The van der Waals surface area contributed by atoms with Crippen LogP contribution >= 0.6 is 0 Å². The molecule has 5 heteroatoms. The Morgan fingerprint density at radius 3 is 2.85 bits per heavy atom. The number of fused-ring (bicyclic) bond motifs is 1. The number of para-hydroxylation sites is 1. The molecule has 0 aliphatic heterocycles. The molecule has 20 heavy (non-hydrogen) atoms. The van der Waals surface area contributed by atoms with Gasteiger partial charge in [-0.1, -0.05) is 19.1 Å². The first-order valence-electron chi connectivity index (χ1n) is 6.48. The third kappa shape index (κ3) is 2.66. The number of ether oxygens (including phenoxy) is 1. The third-order valence-corrected chi connectivity index (χ3v) is 3.18. The van der Waals surface area contributed by atoms with Crippen LogP contribution in [0, 0.1) is 0 Å². The molecule has 5 nitrogen and oxygen atoms in total. The number of methoxy groups -OCH3 is 1. The highest BCUT2D eigenvalue weighted by molar-refractivity contribution is 5.97. The van der Waals surface area contributed by atoms with Crippen molar-refractivity contribution >= 4 is 16.9 Å². The summed E-state index contributed by atoms with van der Waals surface area (Å²) in [6, 6.07) is 6.77. The van der Waals surface area contributed by atoms with E-state index in [1.807, 2.05) is 13.8 Å². The summed E-state index contributed by atoms with van der Waals surface area (Å²) in [4.78, 5) is 24.0. The van der Waals surface area contributed by atoms with E-state index in [-0.39, 0.29) is 11.6 Å². The second kappa shape index (κ2) is 5.77. The first-order chi connectivity index (χ1) is 9.56. The van der Waals surface area contributed by atoms with E-state index in [0.29, 0.717) is 16.7 Å². The maximum Gasteiger partial charge on any atom is 0.349 e. The Morgan fingerprint density at radius 1 is 1.45 bits per heavy atom. The van der Waals surface area contributed by atoms with Crippen LogP contribution in [-0.2, 0) is 0 Å². The highest BCUT2D eigenvalue weighted by Crippen LogP contribution is 2.24. The molecule has 2 rings (SSSR count). The van der Waals surface area contributed by atoms with Crippen LogP contribution in [0.2, 0.25) is 0 Å². The van der Waals surface area contributed by atoms with E-state index in [1.165, 1.54) is 13.2 Å². The van der Waals surface area contributed by atoms with Crippen LogP contribution in [0.15, 0.2) is 33.5 Å². The molecular formula is C15H17NO4. The maximum atomic E-state index is 12.0. The number of rotatable bonds is 4. The summed E-state index contributed by atoms with van der Waals surface area (Å²) in [7, 11) is 1.50. The van der Waals surface area contributed by atoms with Gasteiger partial charge in [0, 0.05) is 11.4 Å². The minimum absolute atomic E-state index is 0.00269. The molecule has 0 aliphatic carbocycles. The Morgan fingerprint density at radius 2 is 2.20 bits per heavy atom. The maximum absolute atomic E-state index is 12.0. The molecule has 1 amide bonds. The van der Waals surface area contributed by atoms with Crippen molar-refractivity contribution in [2.24, 2.45) is 0 Å². The number of carbonyl (C=O) groups excluding carboxylic acids is 1. The Bertz CT molecular complexity index is 690. The van der Waals surface area contributed by atoms with Crippen molar-refractivity contribution in [2.75, 3.05) is 7.11 Å². The molecule has 0 bridgehead atoms. The molecule has 106 valence electrons. The van der Waals surface area contributed by atoms with Gasteiger partial charge in [-0.25, -0.2) is 4.79 Å². The fraction of sp³-hybridized carbons (Fsp3) is 0.333. The summed E-state index contributed by atoms with van der Waals surface area (Å²) in [6.45, 7) is 3.84. The van der Waals surface area contributed by atoms with Crippen molar-refractivity contribution in [2.45, 2.75) is 26.3 Å². The van der Waals surface area contributed by atoms with Gasteiger partial charge in [0.1, 0.15) is 5.56 Å². The smallest absolute Gasteiger partial charge is 0.349 e. The summed E-state index contributed by atoms with van der Waals surface area (Å²) in [5.41, 5.74) is -0.311. The van der Waals surface area contributed by atoms with E-state index in [9.17, 15) is 9.59 Å². The molecule has 0 radical (unpaired) electrons. The number of hydrogen-bond acceptors (Lipinski definition) is 4. The molecule has 0 spiro atoms. The quantitative estimate of drug-likeness (QED) is 0.869. The topological polar surface area (TPSA) is 68.5 Å². The number of hydrogen-bond donors (Lipinski definition) is 1. The normalized spacial score (nSPS) is 12.2. The number of carbonyl (C=O) groups is 1. The van der Waals surface area contributed by atoms with Crippen LogP contribution in [0.3, 0.4) is 0 Å². The summed E-state index contributed by atoms with van der Waals surface area (Å²) in [5.74, 6) is 0.0475. The minimum Gasteiger partial charge on any atom is -0.493 e. The van der Waals surface area contributed by atoms with Gasteiger partial charge in [-0.3, -0.25) is 4.79 Å². The van der Waals surface area contributed by atoms with Gasteiger partial charge in [0.05, 0.1) is 7.11 Å². The largest absolute Gasteiger partial charge is 0.493 e. The lowest BCUT2D eigenvalue weighted by molar-refractivity contribution is 0.0935. The van der Waals surface area contributed by atoms with Gasteiger partial charge in [-0.05, 0) is 25.5 Å². The van der Waals surface area contributed by atoms with Gasteiger partial charge >= 0.3 is 5.63 Å². The molecule has 1 aromatic heterocycles. The molecule has 1 aromatic carbocycles. The molecule has 0 aliphatic rings. The zero-order valence-corrected chi connectivity index (χ0v) is 11.7. The van der Waals surface area contributed by atoms with Gasteiger partial charge < -0.3 is 14.5 Å². The van der Waals surface area contributed by atoms with Gasteiger partial charge in [0.25, 0.3) is 5.91 Å². The molecule has 0 unspecified atom stereocenters. The second-order valence-corrected chi connectivity index (χ2v) is 4.61. The monoisotopic (exact) mass is 275 g/mol. The first-order valence-corrected chi connectivity index (χ1v) is 6.48. The van der Waals surface area contributed by atoms with Crippen LogP contribution < -0.4 is 15.7 Å². The molecule has 1 atom stereocenters. The van der Waals surface area contributed by atoms with Crippen molar-refractivity contribution in [3.8, 4) is 5.75 Å². The van der Waals surface area contributed by atoms with Crippen LogP contribution in [-0.4, -0.2) is 19.1 Å². The molecule has 0 saturated carbocycles. The van der Waals surface area contributed by atoms with E-state index in [0.717, 1.165) is 6.42 Å². The van der Waals surface area contributed by atoms with Crippen molar-refractivity contribution in [3.63, 3.8) is 0 Å².